The van der Waals surface area contributed by atoms with Crippen LogP contribution in [0, 0.1) is 5.82 Å². The second-order valence-electron chi connectivity index (χ2n) is 7.21. The van der Waals surface area contributed by atoms with Gasteiger partial charge in [-0.05, 0) is 46.2 Å². The molecule has 2 N–H and O–H groups in total. The number of likely N-dealkylation sites (tertiary alicyclic amines) is 1. The van der Waals surface area contributed by atoms with E-state index < -0.39 is 23.6 Å². The second-order valence-corrected chi connectivity index (χ2v) is 7.21. The van der Waals surface area contributed by atoms with Crippen LogP contribution in [0.5, 0.6) is 0 Å². The van der Waals surface area contributed by atoms with Crippen LogP contribution in [-0.4, -0.2) is 47.4 Å². The Bertz CT molecular complexity index is 559. The van der Waals surface area contributed by atoms with Gasteiger partial charge in [0.05, 0.1) is 6.10 Å². The minimum absolute atomic E-state index is 0.124. The van der Waals surface area contributed by atoms with E-state index in [1.165, 1.54) is 6.07 Å². The molecule has 6 heteroatoms. The molecule has 134 valence electrons. The normalized spacial score (nSPS) is 20.0. The van der Waals surface area contributed by atoms with Gasteiger partial charge in [-0.2, -0.15) is 0 Å². The Morgan fingerprint density at radius 2 is 2.17 bits per heavy atom. The van der Waals surface area contributed by atoms with Crippen LogP contribution in [0.3, 0.4) is 0 Å². The molecule has 2 atom stereocenters. The van der Waals surface area contributed by atoms with Gasteiger partial charge in [0.15, 0.2) is 0 Å². The van der Waals surface area contributed by atoms with E-state index in [0.717, 1.165) is 19.4 Å². The summed E-state index contributed by atoms with van der Waals surface area (Å²) in [5, 5.41) is 13.1. The standard InChI is InChI=1S/C18H27FN2O3/c1-18(2,3)24-17(23)20-11-13-7-6-10-21(13)12-16(22)14-8-4-5-9-15(14)19/h4-5,8-9,13,16,22H,6-7,10-12H2,1-3H3,(H,20,23). The summed E-state index contributed by atoms with van der Waals surface area (Å²) in [6, 6.07) is 6.40. The van der Waals surface area contributed by atoms with Gasteiger partial charge in [0.25, 0.3) is 0 Å². The van der Waals surface area contributed by atoms with Crippen molar-refractivity contribution in [2.75, 3.05) is 19.6 Å². The van der Waals surface area contributed by atoms with Crippen molar-refractivity contribution in [2.24, 2.45) is 0 Å². The molecule has 1 saturated heterocycles. The number of aliphatic hydroxyl groups is 1. The van der Waals surface area contributed by atoms with Gasteiger partial charge in [0.2, 0.25) is 0 Å². The van der Waals surface area contributed by atoms with Crippen LogP contribution in [0.1, 0.15) is 45.3 Å². The van der Waals surface area contributed by atoms with Crippen molar-refractivity contribution in [2.45, 2.75) is 51.4 Å². The molecule has 0 aromatic heterocycles. The molecule has 1 amide bonds. The zero-order chi connectivity index (χ0) is 17.7. The number of nitrogens with one attached hydrogen (secondary N) is 1. The molecule has 0 aliphatic carbocycles. The van der Waals surface area contributed by atoms with Crippen LogP contribution < -0.4 is 5.32 Å². The fraction of sp³-hybridized carbons (Fsp3) is 0.611. The van der Waals surface area contributed by atoms with Gasteiger partial charge >= 0.3 is 6.09 Å². The molecule has 0 radical (unpaired) electrons. The number of nitrogens with zero attached hydrogens (tertiary/aromatic N) is 1. The van der Waals surface area contributed by atoms with E-state index in [-0.39, 0.29) is 6.04 Å². The predicted octanol–water partition coefficient (Wildman–Crippen LogP) is 2.85. The quantitative estimate of drug-likeness (QED) is 0.867. The number of ether oxygens (including phenoxy) is 1. The summed E-state index contributed by atoms with van der Waals surface area (Å²) >= 11 is 0. The highest BCUT2D eigenvalue weighted by Gasteiger charge is 2.28. The van der Waals surface area contributed by atoms with E-state index in [9.17, 15) is 14.3 Å². The Labute approximate surface area is 142 Å². The van der Waals surface area contributed by atoms with Gasteiger partial charge in [0.1, 0.15) is 11.4 Å². The zero-order valence-corrected chi connectivity index (χ0v) is 14.6. The Morgan fingerprint density at radius 3 is 2.83 bits per heavy atom. The lowest BCUT2D eigenvalue weighted by atomic mass is 10.1. The molecule has 2 rings (SSSR count). The van der Waals surface area contributed by atoms with Gasteiger partial charge in [-0.1, -0.05) is 18.2 Å². The molecule has 1 fully saturated rings. The third-order valence-corrected chi connectivity index (χ3v) is 4.05. The Hall–Kier alpha value is -1.66. The monoisotopic (exact) mass is 338 g/mol. The van der Waals surface area contributed by atoms with Crippen LogP contribution in [0.4, 0.5) is 9.18 Å². The number of carbonyl (C=O) groups excluding carboxylic acids is 1. The van der Waals surface area contributed by atoms with Gasteiger partial charge in [-0.3, -0.25) is 4.90 Å². The summed E-state index contributed by atoms with van der Waals surface area (Å²) < 4.78 is 19.0. The molecule has 0 spiro atoms. The van der Waals surface area contributed by atoms with Crippen molar-refractivity contribution >= 4 is 6.09 Å². The number of halogens is 1. The molecule has 24 heavy (non-hydrogen) atoms. The number of carbonyl (C=O) groups is 1. The second kappa shape index (κ2) is 7.94. The van der Waals surface area contributed by atoms with E-state index in [0.29, 0.717) is 18.7 Å². The highest BCUT2D eigenvalue weighted by atomic mass is 19.1. The first-order valence-corrected chi connectivity index (χ1v) is 8.39. The summed E-state index contributed by atoms with van der Waals surface area (Å²) in [5.41, 5.74) is -0.219. The average Bonchev–Trinajstić information content (AvgIpc) is 2.91. The van der Waals surface area contributed by atoms with Crippen molar-refractivity contribution in [3.63, 3.8) is 0 Å². The molecule has 1 aromatic carbocycles. The number of benzene rings is 1. The fourth-order valence-electron chi connectivity index (χ4n) is 2.95. The number of amides is 1. The lowest BCUT2D eigenvalue weighted by Gasteiger charge is -2.28. The van der Waals surface area contributed by atoms with Crippen molar-refractivity contribution in [3.05, 3.63) is 35.6 Å². The van der Waals surface area contributed by atoms with Crippen LogP contribution in [0.25, 0.3) is 0 Å². The highest BCUT2D eigenvalue weighted by molar-refractivity contribution is 5.67. The van der Waals surface area contributed by atoms with Gasteiger partial charge in [0, 0.05) is 24.7 Å². The van der Waals surface area contributed by atoms with Crippen LogP contribution >= 0.6 is 0 Å². The maximum absolute atomic E-state index is 13.8. The summed E-state index contributed by atoms with van der Waals surface area (Å²) in [6.45, 7) is 7.09. The maximum atomic E-state index is 13.8. The average molecular weight is 338 g/mol. The van der Waals surface area contributed by atoms with E-state index in [1.807, 2.05) is 20.8 Å². The van der Waals surface area contributed by atoms with Crippen LogP contribution in [-0.2, 0) is 4.74 Å². The third kappa shape index (κ3) is 5.46. The first kappa shape index (κ1) is 18.7. The fourth-order valence-corrected chi connectivity index (χ4v) is 2.95. The van der Waals surface area contributed by atoms with Crippen LogP contribution in [0.2, 0.25) is 0 Å². The molecule has 0 bridgehead atoms. The van der Waals surface area contributed by atoms with Crippen molar-refractivity contribution in [3.8, 4) is 0 Å². The van der Waals surface area contributed by atoms with Crippen molar-refractivity contribution < 1.29 is 19.0 Å². The number of hydrogen-bond donors (Lipinski definition) is 2. The number of rotatable bonds is 5. The predicted molar refractivity (Wildman–Crippen MR) is 90.2 cm³/mol. The van der Waals surface area contributed by atoms with Crippen LogP contribution in [0.15, 0.2) is 24.3 Å². The molecule has 1 aliphatic heterocycles. The SMILES string of the molecule is CC(C)(C)OC(=O)NCC1CCCN1CC(O)c1ccccc1F. The Kier molecular flexibility index (Phi) is 6.18. The highest BCUT2D eigenvalue weighted by Crippen LogP contribution is 2.23. The lowest BCUT2D eigenvalue weighted by Crippen LogP contribution is -2.43. The molecular weight excluding hydrogens is 311 g/mol. The minimum Gasteiger partial charge on any atom is -0.444 e. The molecule has 1 aliphatic rings. The number of β-amino-alcohol motifs (C(OH)–C–C–N with tert-alkyl or cyclic N) is 1. The number of hydrogen-bond acceptors (Lipinski definition) is 4. The zero-order valence-electron chi connectivity index (χ0n) is 14.6. The molecule has 1 aromatic rings. The Morgan fingerprint density at radius 1 is 1.46 bits per heavy atom. The Balaban J connectivity index is 1.87. The van der Waals surface area contributed by atoms with Crippen molar-refractivity contribution in [1.82, 2.24) is 10.2 Å². The summed E-state index contributed by atoms with van der Waals surface area (Å²) in [5.74, 6) is -0.396. The van der Waals surface area contributed by atoms with E-state index in [1.54, 1.807) is 18.2 Å². The third-order valence-electron chi connectivity index (χ3n) is 4.05. The van der Waals surface area contributed by atoms with Gasteiger partial charge in [-0.25, -0.2) is 9.18 Å². The minimum atomic E-state index is -0.881. The molecule has 1 heterocycles. The van der Waals surface area contributed by atoms with Crippen molar-refractivity contribution in [1.29, 1.82) is 0 Å². The topological polar surface area (TPSA) is 61.8 Å². The largest absolute Gasteiger partial charge is 0.444 e. The number of aliphatic hydroxyl groups excluding tert-OH is 1. The first-order chi connectivity index (χ1) is 11.3. The summed E-state index contributed by atoms with van der Waals surface area (Å²) in [6.07, 6.45) is 0.599. The van der Waals surface area contributed by atoms with E-state index >= 15 is 0 Å². The first-order valence-electron chi connectivity index (χ1n) is 8.39. The molecule has 2 unspecified atom stereocenters. The lowest BCUT2D eigenvalue weighted by molar-refractivity contribution is 0.0503. The van der Waals surface area contributed by atoms with Gasteiger partial charge < -0.3 is 15.2 Å². The molecule has 0 saturated carbocycles. The number of alkyl carbamates (subject to hydrolysis) is 1. The molecular formula is C18H27FN2O3. The van der Waals surface area contributed by atoms with Gasteiger partial charge in [-0.15, -0.1) is 0 Å². The summed E-state index contributed by atoms with van der Waals surface area (Å²) in [7, 11) is 0. The smallest absolute Gasteiger partial charge is 0.407 e. The van der Waals surface area contributed by atoms with E-state index in [2.05, 4.69) is 10.2 Å². The maximum Gasteiger partial charge on any atom is 0.407 e. The van der Waals surface area contributed by atoms with E-state index in [4.69, 9.17) is 4.74 Å². The summed E-state index contributed by atoms with van der Waals surface area (Å²) in [4.78, 5) is 13.9. The molecule has 5 nitrogen and oxygen atoms in total.